The molecular weight excluding hydrogens is 1070 g/mol. The molecule has 12 N–H and O–H groups in total. The molecule has 3 rings (SSSR count). The van der Waals surface area contributed by atoms with E-state index in [9.17, 15) is 61.0 Å². The summed E-state index contributed by atoms with van der Waals surface area (Å²) in [4.78, 5) is 13.3. The predicted molar refractivity (Wildman–Crippen MR) is 319 cm³/mol. The summed E-state index contributed by atoms with van der Waals surface area (Å²) in [7, 11) is 0. The number of hydrogen-bond donors (Lipinski definition) is 12. The van der Waals surface area contributed by atoms with Gasteiger partial charge in [-0.2, -0.15) is 0 Å². The minimum atomic E-state index is -1.97. The van der Waals surface area contributed by atoms with Crippen LogP contribution in [-0.4, -0.2) is 193 Å². The highest BCUT2D eigenvalue weighted by Gasteiger charge is 2.53. The van der Waals surface area contributed by atoms with E-state index in [1.807, 2.05) is 0 Å². The van der Waals surface area contributed by atoms with Gasteiger partial charge < -0.3 is 89.9 Å². The van der Waals surface area contributed by atoms with Crippen molar-refractivity contribution in [2.45, 2.75) is 362 Å². The van der Waals surface area contributed by atoms with Crippen LogP contribution in [0.3, 0.4) is 0 Å². The largest absolute Gasteiger partial charge is 0.394 e. The Morgan fingerprint density at radius 1 is 0.422 bits per heavy atom. The minimum absolute atomic E-state index is 0.246. The number of amides is 1. The summed E-state index contributed by atoms with van der Waals surface area (Å²) >= 11 is 0. The highest BCUT2D eigenvalue weighted by atomic mass is 16.8. The molecule has 83 heavy (non-hydrogen) atoms. The van der Waals surface area contributed by atoms with Crippen LogP contribution in [0.5, 0.6) is 0 Å². The molecule has 19 nitrogen and oxygen atoms in total. The molecule has 17 atom stereocenters. The van der Waals surface area contributed by atoms with Crippen molar-refractivity contribution in [3.8, 4) is 0 Å². The van der Waals surface area contributed by atoms with E-state index in [1.165, 1.54) is 173 Å². The second kappa shape index (κ2) is 47.5. The number of rotatable bonds is 51. The number of unbranched alkanes of at least 4 members (excludes halogenated alkanes) is 33. The third-order valence-corrected chi connectivity index (χ3v) is 17.1. The van der Waals surface area contributed by atoms with E-state index in [0.717, 1.165) is 51.4 Å². The maximum atomic E-state index is 13.3. The van der Waals surface area contributed by atoms with Gasteiger partial charge in [0.05, 0.1) is 38.6 Å². The van der Waals surface area contributed by atoms with Gasteiger partial charge in [-0.05, 0) is 38.5 Å². The molecule has 3 fully saturated rings. The van der Waals surface area contributed by atoms with E-state index in [-0.39, 0.29) is 18.9 Å². The van der Waals surface area contributed by atoms with Crippen molar-refractivity contribution >= 4 is 5.91 Å². The lowest BCUT2D eigenvalue weighted by atomic mass is 9.96. The Labute approximate surface area is 499 Å². The molecule has 19 heteroatoms. The molecule has 3 aliphatic rings. The lowest BCUT2D eigenvalue weighted by molar-refractivity contribution is -0.379. The maximum Gasteiger partial charge on any atom is 0.220 e. The van der Waals surface area contributed by atoms with Crippen LogP contribution in [-0.2, 0) is 33.2 Å². The normalized spacial score (nSPS) is 29.4. The number of carbonyl (C=O) groups is 1. The van der Waals surface area contributed by atoms with Crippen molar-refractivity contribution in [2.75, 3.05) is 26.4 Å². The lowest BCUT2D eigenvalue weighted by Crippen LogP contribution is -2.66. The standard InChI is InChI=1S/C64H121NO18/c1-3-5-7-9-10-11-12-13-14-15-16-17-18-19-20-21-22-23-24-25-26-27-28-29-30-31-32-33-34-35-36-38-40-42-52(70)65-47(48(69)41-39-37-8-6-4-2)46-78-62-58(76)55(73)60(50(44-67)80-62)83-64-59(77)56(74)61(51(45-68)81-64)82-63-57(75)54(72)53(71)49(43-66)79-63/h15-16,47-51,53-64,66-69,71-77H,3-14,17-46H2,1-2H3,(H,65,70)/b16-15-. The van der Waals surface area contributed by atoms with Gasteiger partial charge in [-0.3, -0.25) is 4.79 Å². The Kier molecular flexibility index (Phi) is 43.4. The van der Waals surface area contributed by atoms with Crippen molar-refractivity contribution in [1.82, 2.24) is 5.32 Å². The number of aliphatic hydroxyl groups excluding tert-OH is 11. The van der Waals surface area contributed by atoms with Crippen LogP contribution in [0.2, 0.25) is 0 Å². The van der Waals surface area contributed by atoms with Gasteiger partial charge in [0.15, 0.2) is 18.9 Å². The van der Waals surface area contributed by atoms with E-state index in [2.05, 4.69) is 31.3 Å². The lowest BCUT2D eigenvalue weighted by Gasteiger charge is -2.48. The first-order chi connectivity index (χ1) is 40.3. The zero-order valence-corrected chi connectivity index (χ0v) is 51.4. The predicted octanol–water partition coefficient (Wildman–Crippen LogP) is 7.72. The number of aliphatic hydroxyl groups is 11. The van der Waals surface area contributed by atoms with Crippen molar-refractivity contribution in [2.24, 2.45) is 0 Å². The SMILES string of the molecule is CCCCCCCCCC/C=C\CCCCCCCCCCCCCCCCCCCCCCCC(=O)NC(COC1OC(CO)C(OC2OC(CO)C(OC3OC(CO)C(O)C(O)C3O)C(O)C2O)C(O)C1O)C(O)CCCCCCC. The fraction of sp³-hybridized carbons (Fsp3) is 0.953. The van der Waals surface area contributed by atoms with Crippen LogP contribution in [0.4, 0.5) is 0 Å². The maximum absolute atomic E-state index is 13.3. The highest BCUT2D eigenvalue weighted by Crippen LogP contribution is 2.33. The van der Waals surface area contributed by atoms with E-state index in [4.69, 9.17) is 28.4 Å². The molecule has 1 amide bonds. The van der Waals surface area contributed by atoms with Crippen LogP contribution >= 0.6 is 0 Å². The van der Waals surface area contributed by atoms with Gasteiger partial charge in [0, 0.05) is 6.42 Å². The van der Waals surface area contributed by atoms with Gasteiger partial charge in [0.1, 0.15) is 73.2 Å². The van der Waals surface area contributed by atoms with Crippen LogP contribution in [0, 0.1) is 0 Å². The molecule has 0 aliphatic carbocycles. The second-order valence-corrected chi connectivity index (χ2v) is 24.3. The van der Waals surface area contributed by atoms with Crippen molar-refractivity contribution < 1.29 is 89.4 Å². The Morgan fingerprint density at radius 3 is 1.17 bits per heavy atom. The third kappa shape index (κ3) is 30.5. The van der Waals surface area contributed by atoms with E-state index in [0.29, 0.717) is 12.8 Å². The summed E-state index contributed by atoms with van der Waals surface area (Å²) in [5.74, 6) is -0.246. The average molecular weight is 1190 g/mol. The molecule has 3 saturated heterocycles. The minimum Gasteiger partial charge on any atom is -0.394 e. The molecule has 3 heterocycles. The number of hydrogen-bond acceptors (Lipinski definition) is 18. The topological polar surface area (TPSA) is 307 Å². The van der Waals surface area contributed by atoms with E-state index in [1.54, 1.807) is 0 Å². The first kappa shape index (κ1) is 75.8. The molecule has 0 aromatic carbocycles. The number of nitrogens with one attached hydrogen (secondary N) is 1. The monoisotopic (exact) mass is 1190 g/mol. The molecule has 17 unspecified atom stereocenters. The molecule has 490 valence electrons. The zero-order chi connectivity index (χ0) is 60.5. The fourth-order valence-electron chi connectivity index (χ4n) is 11.6. The number of carbonyl (C=O) groups excluding carboxylic acids is 1. The summed E-state index contributed by atoms with van der Waals surface area (Å²) in [6.07, 6.45) is 24.1. The van der Waals surface area contributed by atoms with Crippen LogP contribution < -0.4 is 5.32 Å². The zero-order valence-electron chi connectivity index (χ0n) is 51.4. The van der Waals surface area contributed by atoms with Gasteiger partial charge in [-0.1, -0.05) is 225 Å². The van der Waals surface area contributed by atoms with Gasteiger partial charge >= 0.3 is 0 Å². The quantitative estimate of drug-likeness (QED) is 0.0205. The van der Waals surface area contributed by atoms with E-state index >= 15 is 0 Å². The molecule has 0 bridgehead atoms. The molecule has 0 aromatic rings. The molecule has 3 aliphatic heterocycles. The molecule has 0 aromatic heterocycles. The fourth-order valence-corrected chi connectivity index (χ4v) is 11.6. The third-order valence-electron chi connectivity index (χ3n) is 17.1. The van der Waals surface area contributed by atoms with Gasteiger partial charge in [0.2, 0.25) is 5.91 Å². The first-order valence-electron chi connectivity index (χ1n) is 33.4. The Bertz CT molecular complexity index is 1560. The second-order valence-electron chi connectivity index (χ2n) is 24.3. The van der Waals surface area contributed by atoms with Gasteiger partial charge in [-0.25, -0.2) is 0 Å². The molecular formula is C64H121NO18. The van der Waals surface area contributed by atoms with Crippen molar-refractivity contribution in [3.63, 3.8) is 0 Å². The Balaban J connectivity index is 1.26. The van der Waals surface area contributed by atoms with Gasteiger partial charge in [-0.15, -0.1) is 0 Å². The summed E-state index contributed by atoms with van der Waals surface area (Å²) in [5.41, 5.74) is 0. The molecule has 0 radical (unpaired) electrons. The summed E-state index contributed by atoms with van der Waals surface area (Å²) in [6.45, 7) is 1.70. The van der Waals surface area contributed by atoms with Crippen LogP contribution in [0.15, 0.2) is 12.2 Å². The van der Waals surface area contributed by atoms with Crippen LogP contribution in [0.25, 0.3) is 0 Å². The van der Waals surface area contributed by atoms with E-state index < -0.39 is 124 Å². The Morgan fingerprint density at radius 2 is 0.759 bits per heavy atom. The smallest absolute Gasteiger partial charge is 0.220 e. The van der Waals surface area contributed by atoms with Crippen LogP contribution in [0.1, 0.15) is 258 Å². The van der Waals surface area contributed by atoms with Crippen molar-refractivity contribution in [1.29, 1.82) is 0 Å². The number of allylic oxidation sites excluding steroid dienone is 2. The summed E-state index contributed by atoms with van der Waals surface area (Å²) < 4.78 is 34.2. The van der Waals surface area contributed by atoms with Gasteiger partial charge in [0.25, 0.3) is 0 Å². The van der Waals surface area contributed by atoms with Crippen molar-refractivity contribution in [3.05, 3.63) is 12.2 Å². The highest BCUT2D eigenvalue weighted by molar-refractivity contribution is 5.76. The summed E-state index contributed by atoms with van der Waals surface area (Å²) in [6, 6.07) is -0.879. The summed E-state index contributed by atoms with van der Waals surface area (Å²) in [5, 5.41) is 120. The first-order valence-corrected chi connectivity index (χ1v) is 33.4. The Hall–Kier alpha value is -1.47. The molecule has 0 spiro atoms. The molecule has 0 saturated carbocycles. The number of ether oxygens (including phenoxy) is 6. The average Bonchev–Trinajstić information content (AvgIpc) is 3.52.